The van der Waals surface area contributed by atoms with Crippen molar-refractivity contribution in [3.63, 3.8) is 0 Å². The van der Waals surface area contributed by atoms with Crippen molar-refractivity contribution in [1.82, 2.24) is 0 Å². The first kappa shape index (κ1) is 6.67. The van der Waals surface area contributed by atoms with Gasteiger partial charge in [0.2, 0.25) is 0 Å². The first-order valence-electron chi connectivity index (χ1n) is 1.36. The highest BCUT2D eigenvalue weighted by atomic mass is 35.5. The van der Waals surface area contributed by atoms with Crippen LogP contribution < -0.4 is 0 Å². The lowest BCUT2D eigenvalue weighted by molar-refractivity contribution is 1.81. The van der Waals surface area contributed by atoms with E-state index in [1.165, 1.54) is 0 Å². The maximum atomic E-state index is 5.14. The summed E-state index contributed by atoms with van der Waals surface area (Å²) in [6, 6.07) is 0. The van der Waals surface area contributed by atoms with Crippen LogP contribution >= 0.6 is 35.8 Å². The van der Waals surface area contributed by atoms with Crippen LogP contribution in [0.4, 0.5) is 0 Å². The molecule has 0 aliphatic heterocycles. The van der Waals surface area contributed by atoms with E-state index in [-0.39, 0.29) is 4.49 Å². The molecule has 3 heteroatoms. The molecule has 0 aliphatic rings. The Kier molecular flexibility index (Phi) is 4.28. The lowest BCUT2D eigenvalue weighted by atomic mass is 10.8. The van der Waals surface area contributed by atoms with Crippen LogP contribution in [0.15, 0.2) is 10.6 Å². The molecule has 0 saturated heterocycles. The number of halogens is 2. The van der Waals surface area contributed by atoms with Crippen LogP contribution in [0, 0.1) is 0 Å². The van der Waals surface area contributed by atoms with E-state index in [1.54, 1.807) is 6.08 Å². The summed E-state index contributed by atoms with van der Waals surface area (Å²) in [7, 11) is 0. The van der Waals surface area contributed by atoms with Gasteiger partial charge in [-0.2, -0.15) is 0 Å². The molecule has 0 nitrogen and oxygen atoms in total. The summed E-state index contributed by atoms with van der Waals surface area (Å²) in [5.41, 5.74) is 0. The molecule has 0 atom stereocenters. The van der Waals surface area contributed by atoms with Crippen LogP contribution in [0.2, 0.25) is 0 Å². The Hall–Kier alpha value is 0.670. The molecular formula is C3H3Cl2S. The Bertz CT molecular complexity index is 55.8. The van der Waals surface area contributed by atoms with Crippen molar-refractivity contribution in [1.29, 1.82) is 0 Å². The van der Waals surface area contributed by atoms with E-state index >= 15 is 0 Å². The molecule has 35 valence electrons. The normalized spacial score (nSPS) is 7.83. The van der Waals surface area contributed by atoms with Crippen molar-refractivity contribution in [3.8, 4) is 0 Å². The molecule has 0 amide bonds. The smallest absolute Gasteiger partial charge is 0.0896 e. The molecule has 0 aliphatic carbocycles. The fourth-order valence-electron chi connectivity index (χ4n) is 0.0630. The number of hydrogen-bond donors (Lipinski definition) is 0. The quantitative estimate of drug-likeness (QED) is 0.527. The Labute approximate surface area is 52.5 Å². The summed E-state index contributed by atoms with van der Waals surface area (Å²) in [4.78, 5) is 0. The summed E-state index contributed by atoms with van der Waals surface area (Å²) in [6.45, 7) is 0. The van der Waals surface area contributed by atoms with Gasteiger partial charge in [0.05, 0.1) is 0 Å². The van der Waals surface area contributed by atoms with Gasteiger partial charge in [0.1, 0.15) is 4.49 Å². The zero-order valence-electron chi connectivity index (χ0n) is 2.95. The monoisotopic (exact) mass is 141 g/mol. The summed E-state index contributed by atoms with van der Waals surface area (Å²) >= 11 is 14.8. The first-order chi connectivity index (χ1) is 2.77. The molecule has 0 aromatic heterocycles. The van der Waals surface area contributed by atoms with E-state index in [0.29, 0.717) is 5.75 Å². The highest BCUT2D eigenvalue weighted by molar-refractivity contribution is 7.80. The standard InChI is InChI=1S/C3H3Cl2S/c4-3(5)1-2-6/h1H,2H2. The van der Waals surface area contributed by atoms with Gasteiger partial charge in [-0.15, -0.1) is 0 Å². The molecule has 0 saturated carbocycles. The molecule has 1 radical (unpaired) electrons. The van der Waals surface area contributed by atoms with Crippen molar-refractivity contribution >= 4 is 35.8 Å². The molecule has 0 bridgehead atoms. The van der Waals surface area contributed by atoms with E-state index in [2.05, 4.69) is 12.6 Å². The largest absolute Gasteiger partial charge is 0.103 e. The Morgan fingerprint density at radius 3 is 2.17 bits per heavy atom. The van der Waals surface area contributed by atoms with Crippen molar-refractivity contribution in [2.75, 3.05) is 5.75 Å². The minimum atomic E-state index is 0.255. The summed E-state index contributed by atoms with van der Waals surface area (Å²) in [6.07, 6.45) is 1.55. The van der Waals surface area contributed by atoms with Gasteiger partial charge >= 0.3 is 0 Å². The van der Waals surface area contributed by atoms with Gasteiger partial charge in [-0.25, -0.2) is 0 Å². The summed E-state index contributed by atoms with van der Waals surface area (Å²) in [5, 5.41) is 0. The Morgan fingerprint density at radius 2 is 2.17 bits per heavy atom. The predicted octanol–water partition coefficient (Wildman–Crippen LogP) is 2.50. The van der Waals surface area contributed by atoms with Crippen LogP contribution in [0.3, 0.4) is 0 Å². The molecule has 0 fully saturated rings. The van der Waals surface area contributed by atoms with Gasteiger partial charge in [-0.3, -0.25) is 0 Å². The van der Waals surface area contributed by atoms with E-state index < -0.39 is 0 Å². The topological polar surface area (TPSA) is 0 Å². The molecule has 0 N–H and O–H groups in total. The summed E-state index contributed by atoms with van der Waals surface area (Å²) < 4.78 is 0.255. The second kappa shape index (κ2) is 3.85. The molecule has 6 heavy (non-hydrogen) atoms. The van der Waals surface area contributed by atoms with Crippen LogP contribution in [-0.2, 0) is 0 Å². The fourth-order valence-corrected chi connectivity index (χ4v) is 0.567. The highest BCUT2D eigenvalue weighted by Gasteiger charge is 1.74. The molecule has 0 aromatic rings. The minimum absolute atomic E-state index is 0.255. The average molecular weight is 142 g/mol. The van der Waals surface area contributed by atoms with Crippen LogP contribution in [0.25, 0.3) is 0 Å². The summed E-state index contributed by atoms with van der Waals surface area (Å²) in [5.74, 6) is 0.488. The third-order valence-corrected chi connectivity index (χ3v) is 0.713. The van der Waals surface area contributed by atoms with Gasteiger partial charge in [-0.1, -0.05) is 35.8 Å². The van der Waals surface area contributed by atoms with Gasteiger partial charge < -0.3 is 0 Å². The van der Waals surface area contributed by atoms with Gasteiger partial charge in [0.15, 0.2) is 0 Å². The van der Waals surface area contributed by atoms with Gasteiger partial charge in [-0.05, 0) is 6.08 Å². The second-order valence-electron chi connectivity index (χ2n) is 0.660. The van der Waals surface area contributed by atoms with Crippen LogP contribution in [-0.4, -0.2) is 5.75 Å². The molecule has 0 heterocycles. The van der Waals surface area contributed by atoms with Gasteiger partial charge in [0.25, 0.3) is 0 Å². The molecule has 0 aromatic carbocycles. The highest BCUT2D eigenvalue weighted by Crippen LogP contribution is 2.04. The third kappa shape index (κ3) is 4.67. The van der Waals surface area contributed by atoms with E-state index in [0.717, 1.165) is 0 Å². The number of hydrogen-bond acceptors (Lipinski definition) is 0. The predicted molar refractivity (Wildman–Crippen MR) is 32.2 cm³/mol. The SMILES string of the molecule is [S]CC=C(Cl)Cl. The third-order valence-electron chi connectivity index (χ3n) is 0.238. The maximum Gasteiger partial charge on any atom is 0.103 e. The molecule has 0 unspecified atom stereocenters. The van der Waals surface area contributed by atoms with Crippen molar-refractivity contribution in [2.45, 2.75) is 0 Å². The maximum absolute atomic E-state index is 5.14. The van der Waals surface area contributed by atoms with Crippen LogP contribution in [0.5, 0.6) is 0 Å². The zero-order chi connectivity index (χ0) is 4.99. The Balaban J connectivity index is 3.14. The molecular weight excluding hydrogens is 139 g/mol. The minimum Gasteiger partial charge on any atom is -0.0896 e. The van der Waals surface area contributed by atoms with Gasteiger partial charge in [0, 0.05) is 5.75 Å². The van der Waals surface area contributed by atoms with E-state index in [4.69, 9.17) is 23.2 Å². The Morgan fingerprint density at radius 1 is 1.67 bits per heavy atom. The second-order valence-corrected chi connectivity index (χ2v) is 2.00. The lowest BCUT2D eigenvalue weighted by Crippen LogP contribution is -1.56. The average Bonchev–Trinajstić information content (AvgIpc) is 1.35. The van der Waals surface area contributed by atoms with E-state index in [1.807, 2.05) is 0 Å². The first-order valence-corrected chi connectivity index (χ1v) is 2.70. The zero-order valence-corrected chi connectivity index (χ0v) is 5.28. The van der Waals surface area contributed by atoms with Crippen molar-refractivity contribution in [2.24, 2.45) is 0 Å². The lowest BCUT2D eigenvalue weighted by Gasteiger charge is -1.73. The van der Waals surface area contributed by atoms with Crippen molar-refractivity contribution in [3.05, 3.63) is 10.6 Å². The molecule has 0 spiro atoms. The number of rotatable bonds is 1. The van der Waals surface area contributed by atoms with E-state index in [9.17, 15) is 0 Å². The van der Waals surface area contributed by atoms with Crippen molar-refractivity contribution < 1.29 is 0 Å². The van der Waals surface area contributed by atoms with Crippen LogP contribution in [0.1, 0.15) is 0 Å². The molecule has 0 rings (SSSR count). The fraction of sp³-hybridized carbons (Fsp3) is 0.333.